The third kappa shape index (κ3) is 5.22. The second-order valence-electron chi connectivity index (χ2n) is 5.69. The number of carboxylic acid groups (broad SMARTS) is 1. The minimum atomic E-state index is -1.31. The molecular weight excluding hydrogens is 280 g/mol. The number of methoxy groups -OCH3 is 1. The van der Waals surface area contributed by atoms with Gasteiger partial charge in [0.25, 0.3) is 0 Å². The predicted octanol–water partition coefficient (Wildman–Crippen LogP) is 0.212. The fraction of sp³-hybridized carbons (Fsp3) is 0.769. The van der Waals surface area contributed by atoms with Crippen molar-refractivity contribution in [2.75, 3.05) is 20.2 Å². The molecule has 0 aromatic carbocycles. The summed E-state index contributed by atoms with van der Waals surface area (Å²) in [5, 5.41) is 11.4. The lowest BCUT2D eigenvalue weighted by Gasteiger charge is -2.41. The number of rotatable bonds is 4. The summed E-state index contributed by atoms with van der Waals surface area (Å²) in [5.74, 6) is -1.98. The number of esters is 1. The van der Waals surface area contributed by atoms with Crippen molar-refractivity contribution in [3.63, 3.8) is 0 Å². The average Bonchev–Trinajstić information content (AvgIpc) is 2.34. The number of hydrogen-bond donors (Lipinski definition) is 2. The largest absolute Gasteiger partial charge is 0.480 e. The zero-order valence-corrected chi connectivity index (χ0v) is 12.7. The van der Waals surface area contributed by atoms with Crippen LogP contribution < -0.4 is 5.32 Å². The molecule has 1 saturated heterocycles. The number of carboxylic acids is 1. The number of ether oxygens (including phenoxy) is 2. The molecule has 120 valence electrons. The first kappa shape index (κ1) is 17.2. The van der Waals surface area contributed by atoms with Gasteiger partial charge in [-0.15, -0.1) is 0 Å². The van der Waals surface area contributed by atoms with E-state index in [-0.39, 0.29) is 6.10 Å². The molecule has 0 bridgehead atoms. The van der Waals surface area contributed by atoms with Gasteiger partial charge in [-0.3, -0.25) is 4.79 Å². The topological polar surface area (TPSA) is 105 Å². The first-order valence-electron chi connectivity index (χ1n) is 6.67. The molecule has 0 saturated carbocycles. The highest BCUT2D eigenvalue weighted by atomic mass is 16.5. The molecule has 0 radical (unpaired) electrons. The van der Waals surface area contributed by atoms with E-state index in [1.165, 1.54) is 4.90 Å². The van der Waals surface area contributed by atoms with Crippen LogP contribution in [0.1, 0.15) is 27.2 Å². The van der Waals surface area contributed by atoms with E-state index in [4.69, 9.17) is 9.84 Å². The number of hydrogen-bond acceptors (Lipinski definition) is 5. The number of carbonyl (C=O) groups excluding carboxylic acids is 2. The van der Waals surface area contributed by atoms with Crippen molar-refractivity contribution in [1.29, 1.82) is 0 Å². The van der Waals surface area contributed by atoms with Crippen LogP contribution in [0.15, 0.2) is 0 Å². The maximum atomic E-state index is 12.2. The van der Waals surface area contributed by atoms with Crippen LogP contribution in [0.4, 0.5) is 4.79 Å². The van der Waals surface area contributed by atoms with E-state index in [1.54, 1.807) is 0 Å². The van der Waals surface area contributed by atoms with Crippen molar-refractivity contribution in [3.05, 3.63) is 0 Å². The first-order valence-corrected chi connectivity index (χ1v) is 6.67. The van der Waals surface area contributed by atoms with Gasteiger partial charge in [0.1, 0.15) is 6.04 Å². The van der Waals surface area contributed by atoms with Crippen LogP contribution >= 0.6 is 0 Å². The highest BCUT2D eigenvalue weighted by molar-refractivity contribution is 5.86. The molecule has 0 aromatic heterocycles. The summed E-state index contributed by atoms with van der Waals surface area (Å²) in [6.45, 7) is 6.25. The lowest BCUT2D eigenvalue weighted by Crippen LogP contribution is -2.58. The summed E-state index contributed by atoms with van der Waals surface area (Å²) in [6, 6.07) is -1.85. The van der Waals surface area contributed by atoms with Gasteiger partial charge in [0.05, 0.1) is 31.8 Å². The van der Waals surface area contributed by atoms with Gasteiger partial charge in [0, 0.05) is 6.54 Å². The maximum absolute atomic E-state index is 12.2. The first-order chi connectivity index (χ1) is 9.64. The molecule has 1 aliphatic heterocycles. The van der Waals surface area contributed by atoms with Crippen LogP contribution in [0.2, 0.25) is 0 Å². The normalized spacial score (nSPS) is 22.3. The average molecular weight is 302 g/mol. The smallest absolute Gasteiger partial charge is 0.326 e. The van der Waals surface area contributed by atoms with Crippen molar-refractivity contribution in [2.45, 2.75) is 44.9 Å². The zero-order chi connectivity index (χ0) is 16.2. The van der Waals surface area contributed by atoms with Crippen molar-refractivity contribution in [3.8, 4) is 0 Å². The van der Waals surface area contributed by atoms with E-state index in [9.17, 15) is 14.4 Å². The Morgan fingerprint density at radius 1 is 1.48 bits per heavy atom. The minimum absolute atomic E-state index is 0.150. The van der Waals surface area contributed by atoms with Gasteiger partial charge in [0.2, 0.25) is 0 Å². The molecule has 1 fully saturated rings. The van der Waals surface area contributed by atoms with Gasteiger partial charge in [-0.2, -0.15) is 0 Å². The highest BCUT2D eigenvalue weighted by Gasteiger charge is 2.35. The van der Waals surface area contributed by atoms with Crippen LogP contribution in [0.25, 0.3) is 0 Å². The number of carbonyl (C=O) groups is 3. The molecule has 8 heteroatoms. The third-order valence-electron chi connectivity index (χ3n) is 3.05. The van der Waals surface area contributed by atoms with Crippen LogP contribution in [0, 0.1) is 0 Å². The molecule has 2 atom stereocenters. The van der Waals surface area contributed by atoms with Gasteiger partial charge in [0.15, 0.2) is 0 Å². The van der Waals surface area contributed by atoms with Gasteiger partial charge in [-0.05, 0) is 20.8 Å². The molecule has 2 amide bonds. The number of amides is 2. The Morgan fingerprint density at radius 3 is 2.57 bits per heavy atom. The van der Waals surface area contributed by atoms with Crippen LogP contribution in [-0.2, 0) is 19.1 Å². The van der Waals surface area contributed by atoms with E-state index < -0.39 is 36.0 Å². The summed E-state index contributed by atoms with van der Waals surface area (Å²) in [6.07, 6.45) is -0.565. The van der Waals surface area contributed by atoms with Gasteiger partial charge in [-0.1, -0.05) is 0 Å². The summed E-state index contributed by atoms with van der Waals surface area (Å²) >= 11 is 0. The van der Waals surface area contributed by atoms with E-state index in [0.717, 1.165) is 7.11 Å². The molecule has 1 aliphatic rings. The van der Waals surface area contributed by atoms with Gasteiger partial charge in [-0.25, -0.2) is 9.59 Å². The highest BCUT2D eigenvalue weighted by Crippen LogP contribution is 2.20. The zero-order valence-electron chi connectivity index (χ0n) is 12.7. The van der Waals surface area contributed by atoms with Crippen LogP contribution in [-0.4, -0.2) is 65.9 Å². The van der Waals surface area contributed by atoms with Crippen LogP contribution in [0.5, 0.6) is 0 Å². The van der Waals surface area contributed by atoms with Crippen LogP contribution in [0.3, 0.4) is 0 Å². The predicted molar refractivity (Wildman–Crippen MR) is 72.8 cm³/mol. The molecular formula is C13H22N2O6. The maximum Gasteiger partial charge on any atom is 0.326 e. The Labute approximate surface area is 123 Å². The molecule has 2 N–H and O–H groups in total. The molecule has 0 aliphatic carbocycles. The molecule has 1 unspecified atom stereocenters. The lowest BCUT2D eigenvalue weighted by molar-refractivity contribution is -0.147. The Balaban J connectivity index is 2.68. The Morgan fingerprint density at radius 2 is 2.10 bits per heavy atom. The fourth-order valence-electron chi connectivity index (χ4n) is 2.30. The molecule has 21 heavy (non-hydrogen) atoms. The molecule has 8 nitrogen and oxygen atoms in total. The van der Waals surface area contributed by atoms with Crippen molar-refractivity contribution >= 4 is 18.0 Å². The van der Waals surface area contributed by atoms with E-state index in [0.29, 0.717) is 13.1 Å². The number of nitrogens with zero attached hydrogens (tertiary/aromatic N) is 1. The van der Waals surface area contributed by atoms with Gasteiger partial charge >= 0.3 is 18.0 Å². The van der Waals surface area contributed by atoms with Crippen molar-refractivity contribution in [2.24, 2.45) is 0 Å². The third-order valence-corrected chi connectivity index (χ3v) is 3.05. The van der Waals surface area contributed by atoms with Crippen molar-refractivity contribution in [1.82, 2.24) is 10.2 Å². The van der Waals surface area contributed by atoms with E-state index >= 15 is 0 Å². The summed E-state index contributed by atoms with van der Waals surface area (Å²) in [4.78, 5) is 35.9. The number of aliphatic carboxylic acids is 1. The summed E-state index contributed by atoms with van der Waals surface area (Å²) in [5.41, 5.74) is -0.504. The molecule has 1 rings (SSSR count). The molecule has 1 heterocycles. The van der Waals surface area contributed by atoms with Gasteiger partial charge < -0.3 is 24.8 Å². The number of morpholine rings is 1. The Bertz CT molecular complexity index is 423. The number of nitrogens with one attached hydrogen (secondary N) is 1. The minimum Gasteiger partial charge on any atom is -0.480 e. The van der Waals surface area contributed by atoms with Crippen molar-refractivity contribution < 1.29 is 29.0 Å². The Hall–Kier alpha value is -1.83. The van der Waals surface area contributed by atoms with E-state index in [2.05, 4.69) is 10.1 Å². The SMILES string of the molecule is COC(=O)C[C@H](NC(=O)N1CC(C)OC(C)(C)C1)C(=O)O. The standard InChI is InChI=1S/C13H22N2O6/c1-8-6-15(7-13(2,3)21-8)12(19)14-9(11(17)18)5-10(16)20-4/h8-9H,5-7H2,1-4H3,(H,14,19)(H,17,18)/t8?,9-/m0/s1. The quantitative estimate of drug-likeness (QED) is 0.719. The summed E-state index contributed by atoms with van der Waals surface area (Å²) < 4.78 is 10.1. The lowest BCUT2D eigenvalue weighted by atomic mass is 10.1. The monoisotopic (exact) mass is 302 g/mol. The number of urea groups is 1. The Kier molecular flexibility index (Phi) is 5.54. The van der Waals surface area contributed by atoms with E-state index in [1.807, 2.05) is 20.8 Å². The second kappa shape index (κ2) is 6.75. The summed E-state index contributed by atoms with van der Waals surface area (Å²) in [7, 11) is 1.16. The molecule has 0 spiro atoms. The second-order valence-corrected chi connectivity index (χ2v) is 5.69. The fourth-order valence-corrected chi connectivity index (χ4v) is 2.30. The molecule has 0 aromatic rings.